The molecule has 0 saturated carbocycles. The summed E-state index contributed by atoms with van der Waals surface area (Å²) in [7, 11) is 0. The van der Waals surface area contributed by atoms with Gasteiger partial charge in [-0.1, -0.05) is 0 Å². The third kappa shape index (κ3) is 43.2. The van der Waals surface area contributed by atoms with Crippen LogP contribution in [0.15, 0.2) is 0 Å². The van der Waals surface area contributed by atoms with Crippen molar-refractivity contribution >= 4 is 25.6 Å². The van der Waals surface area contributed by atoms with Crippen LogP contribution in [-0.4, -0.2) is 3.57 Å². The van der Waals surface area contributed by atoms with E-state index in [2.05, 4.69) is 25.6 Å². The Morgan fingerprint density at radius 3 is 1.50 bits per heavy atom. The Bertz CT molecular complexity index is 29.0. The molecular formula is H2NOS2+. The lowest BCUT2D eigenvalue weighted by Gasteiger charge is -1.42. The molecule has 24 valence electrons. The highest BCUT2D eigenvalue weighted by Gasteiger charge is 1.74. The number of rotatable bonds is 0. The number of hydrogen-bond acceptors (Lipinski definition) is 1. The minimum absolute atomic E-state index is 0.139. The van der Waals surface area contributed by atoms with Gasteiger partial charge < -0.3 is 0 Å². The monoisotopic (exact) mass is 96.0 g/mol. The molecule has 0 aliphatic carbocycles. The summed E-state index contributed by atoms with van der Waals surface area (Å²) in [6.45, 7) is 0. The Hall–Kier alpha value is 0.300. The number of nitrogens with zero attached hydrogens (tertiary/aromatic N) is 1. The molecule has 0 aliphatic rings. The summed E-state index contributed by atoms with van der Waals surface area (Å²) in [6, 6.07) is 0. The van der Waals surface area contributed by atoms with E-state index < -0.39 is 0 Å². The second-order valence-corrected chi connectivity index (χ2v) is 1.29. The van der Waals surface area contributed by atoms with Gasteiger partial charge >= 0.3 is 0 Å². The van der Waals surface area contributed by atoms with E-state index in [1.807, 2.05) is 0 Å². The predicted octanol–water partition coefficient (Wildman–Crippen LogP) is 0.455. The molecule has 4 heteroatoms. The molecule has 0 atom stereocenters. The van der Waals surface area contributed by atoms with Crippen LogP contribution in [0.25, 0.3) is 0 Å². The van der Waals surface area contributed by atoms with E-state index in [1.54, 1.807) is 0 Å². The molecule has 4 heavy (non-hydrogen) atoms. The van der Waals surface area contributed by atoms with Gasteiger partial charge in [0, 0.05) is 4.91 Å². The van der Waals surface area contributed by atoms with Crippen molar-refractivity contribution in [1.82, 2.24) is 0 Å². The molecule has 0 aromatic carbocycles. The van der Waals surface area contributed by atoms with Gasteiger partial charge in [-0.25, -0.2) is 0 Å². The molecule has 0 spiro atoms. The molecule has 0 aliphatic heterocycles. The topological polar surface area (TPSA) is 20.1 Å². The third-order valence-corrected chi connectivity index (χ3v) is 0. The lowest BCUT2D eigenvalue weighted by atomic mass is 13.7. The summed E-state index contributed by atoms with van der Waals surface area (Å²) < 4.78 is 0.139. The van der Waals surface area contributed by atoms with Gasteiger partial charge in [0.1, 0.15) is 3.57 Å². The Balaban J connectivity index is 2.80. The maximum absolute atomic E-state index is 9.09. The summed E-state index contributed by atoms with van der Waals surface area (Å²) in [5.41, 5.74) is 0. The summed E-state index contributed by atoms with van der Waals surface area (Å²) in [5.74, 6) is 0. The van der Waals surface area contributed by atoms with Crippen LogP contribution in [0.4, 0.5) is 0 Å². The lowest BCUT2D eigenvalue weighted by molar-refractivity contribution is -0.141. The summed E-state index contributed by atoms with van der Waals surface area (Å²) >= 11 is 6.22. The van der Waals surface area contributed by atoms with Crippen LogP contribution >= 0.6 is 25.6 Å². The van der Waals surface area contributed by atoms with Gasteiger partial charge in [-0.3, -0.25) is 0 Å². The number of nitroso groups, excluding NO2 is 1. The lowest BCUT2D eigenvalue weighted by Crippen LogP contribution is -1.56. The van der Waals surface area contributed by atoms with Gasteiger partial charge in [-0.2, -0.15) is 0 Å². The first-order valence-electron chi connectivity index (χ1n) is 0.583. The van der Waals surface area contributed by atoms with Crippen LogP contribution in [0, 0.1) is 4.91 Å². The van der Waals surface area contributed by atoms with Gasteiger partial charge in [0.15, 0.2) is 0 Å². The van der Waals surface area contributed by atoms with E-state index in [1.165, 1.54) is 0 Å². The Morgan fingerprint density at radius 1 is 1.50 bits per heavy atom. The van der Waals surface area contributed by atoms with Crippen LogP contribution in [-0.2, 0) is 0 Å². The van der Waals surface area contributed by atoms with Crippen molar-refractivity contribution in [2.45, 2.75) is 0 Å². The molecule has 0 amide bonds. The second-order valence-electron chi connectivity index (χ2n) is 0.253. The van der Waals surface area contributed by atoms with Crippen molar-refractivity contribution in [3.05, 3.63) is 4.91 Å². The number of hydrogen-bond donors (Lipinski definition) is 2. The Morgan fingerprint density at radius 2 is 1.50 bits per heavy atom. The zero-order valence-corrected chi connectivity index (χ0v) is 3.54. The molecule has 0 saturated heterocycles. The molecule has 0 aromatic heterocycles. The predicted molar refractivity (Wildman–Crippen MR) is 21.6 cm³/mol. The standard InChI is InChI=1S/H2NOS2/c2-1(3)4/h(H2,2,3,4)/q+1. The summed E-state index contributed by atoms with van der Waals surface area (Å²) in [4.78, 5) is 9.09. The zero-order chi connectivity index (χ0) is 3.58. The Kier molecular flexibility index (Phi) is 1.72. The van der Waals surface area contributed by atoms with E-state index in [4.69, 9.17) is 4.91 Å². The first-order valence-corrected chi connectivity index (χ1v) is 1.38. The van der Waals surface area contributed by atoms with Gasteiger partial charge in [0.2, 0.25) is 25.6 Å². The van der Waals surface area contributed by atoms with Gasteiger partial charge in [0.05, 0.1) is 0 Å². The quantitative estimate of drug-likeness (QED) is 0.331. The van der Waals surface area contributed by atoms with Crippen molar-refractivity contribution in [2.75, 3.05) is 0 Å². The van der Waals surface area contributed by atoms with Gasteiger partial charge in [-0.05, 0) is 0 Å². The van der Waals surface area contributed by atoms with Crippen molar-refractivity contribution in [3.8, 4) is 0 Å². The fourth-order valence-corrected chi connectivity index (χ4v) is 0. The molecular weight excluding hydrogens is 94.1 g/mol. The minimum atomic E-state index is 0.139. The van der Waals surface area contributed by atoms with Crippen molar-refractivity contribution in [3.63, 3.8) is 0 Å². The maximum atomic E-state index is 9.09. The molecule has 2 nitrogen and oxygen atoms in total. The van der Waals surface area contributed by atoms with E-state index >= 15 is 0 Å². The molecule has 0 heterocycles. The summed E-state index contributed by atoms with van der Waals surface area (Å²) in [6.07, 6.45) is 0. The first-order chi connectivity index (χ1) is 1.73. The fourth-order valence-electron chi connectivity index (χ4n) is 0. The SMILES string of the molecule is O=[N+](S)S. The Labute approximate surface area is 34.9 Å². The highest BCUT2D eigenvalue weighted by molar-refractivity contribution is 7.86. The zero-order valence-electron chi connectivity index (χ0n) is 1.75. The van der Waals surface area contributed by atoms with Crippen molar-refractivity contribution in [1.29, 1.82) is 0 Å². The number of thiol groups is 2. The van der Waals surface area contributed by atoms with Crippen molar-refractivity contribution < 1.29 is 3.57 Å². The molecule has 0 fully saturated rings. The third-order valence-electron chi connectivity index (χ3n) is 0. The average molecular weight is 96.2 g/mol. The van der Waals surface area contributed by atoms with E-state index in [0.29, 0.717) is 0 Å². The second kappa shape index (κ2) is 1.60. The van der Waals surface area contributed by atoms with Crippen LogP contribution in [0.5, 0.6) is 0 Å². The highest BCUT2D eigenvalue weighted by atomic mass is 32.2. The van der Waals surface area contributed by atoms with Crippen LogP contribution < -0.4 is 0 Å². The van der Waals surface area contributed by atoms with Gasteiger partial charge in [-0.15, -0.1) is 0 Å². The van der Waals surface area contributed by atoms with Gasteiger partial charge in [0.25, 0.3) is 0 Å². The first kappa shape index (κ1) is 4.30. The van der Waals surface area contributed by atoms with Crippen molar-refractivity contribution in [2.24, 2.45) is 0 Å². The molecule has 0 unspecified atom stereocenters. The van der Waals surface area contributed by atoms with Crippen LogP contribution in [0.3, 0.4) is 0 Å². The van der Waals surface area contributed by atoms with Crippen LogP contribution in [0.2, 0.25) is 0 Å². The molecule has 0 aromatic rings. The average Bonchev–Trinajstić information content (AvgIpc) is 0.811. The highest BCUT2D eigenvalue weighted by Crippen LogP contribution is 1.76. The smallest absolute Gasteiger partial charge is 0.0484 e. The van der Waals surface area contributed by atoms with E-state index in [0.717, 1.165) is 0 Å². The van der Waals surface area contributed by atoms with Crippen LogP contribution in [0.1, 0.15) is 0 Å². The fraction of sp³-hybridized carbons (Fsp3) is 0. The molecule has 0 radical (unpaired) electrons. The largest absolute Gasteiger partial charge is 0.215 e. The maximum Gasteiger partial charge on any atom is 0.215 e. The minimum Gasteiger partial charge on any atom is 0.0484 e. The molecule has 0 N–H and O–H groups in total. The normalized spacial score (nSPS) is 6.50. The molecule has 0 rings (SSSR count). The molecule has 0 bridgehead atoms. The van der Waals surface area contributed by atoms with E-state index in [9.17, 15) is 0 Å². The summed E-state index contributed by atoms with van der Waals surface area (Å²) in [5, 5.41) is 0. The van der Waals surface area contributed by atoms with E-state index in [-0.39, 0.29) is 3.57 Å².